The second-order valence-electron chi connectivity index (χ2n) is 6.34. The first-order valence-corrected chi connectivity index (χ1v) is 9.22. The summed E-state index contributed by atoms with van der Waals surface area (Å²) in [5.74, 6) is 1.56. The Balaban J connectivity index is 1.30. The Morgan fingerprint density at radius 2 is 1.76 bits per heavy atom. The number of nitrogens with zero attached hydrogens (tertiary/aromatic N) is 4. The van der Waals surface area contributed by atoms with Crippen molar-refractivity contribution < 1.29 is 9.53 Å². The van der Waals surface area contributed by atoms with Crippen molar-refractivity contribution in [1.82, 2.24) is 20.0 Å². The van der Waals surface area contributed by atoms with Crippen molar-refractivity contribution in [2.75, 3.05) is 5.32 Å². The lowest BCUT2D eigenvalue weighted by Crippen LogP contribution is -2.12. The lowest BCUT2D eigenvalue weighted by Gasteiger charge is -2.08. The zero-order chi connectivity index (χ0) is 19.9. The van der Waals surface area contributed by atoms with Crippen LogP contribution in [0.4, 0.5) is 5.69 Å². The molecule has 4 aromatic rings. The van der Waals surface area contributed by atoms with E-state index in [1.54, 1.807) is 53.5 Å². The molecule has 7 heteroatoms. The molecular formula is C22H19N5O2. The molecule has 2 aromatic heterocycles. The highest BCUT2D eigenvalue weighted by atomic mass is 16.5. The van der Waals surface area contributed by atoms with Gasteiger partial charge in [-0.1, -0.05) is 30.3 Å². The van der Waals surface area contributed by atoms with Gasteiger partial charge in [0.05, 0.1) is 0 Å². The van der Waals surface area contributed by atoms with Crippen LogP contribution in [0.5, 0.6) is 11.6 Å². The first-order valence-electron chi connectivity index (χ1n) is 9.22. The van der Waals surface area contributed by atoms with Crippen LogP contribution in [-0.4, -0.2) is 25.9 Å². The normalized spacial score (nSPS) is 10.5. The van der Waals surface area contributed by atoms with Crippen molar-refractivity contribution in [3.8, 4) is 17.4 Å². The maximum atomic E-state index is 12.1. The van der Waals surface area contributed by atoms with Gasteiger partial charge in [-0.15, -0.1) is 10.2 Å². The molecule has 4 rings (SSSR count). The summed E-state index contributed by atoms with van der Waals surface area (Å²) >= 11 is 0. The lowest BCUT2D eigenvalue weighted by molar-refractivity contribution is -0.116. The molecule has 2 aromatic carbocycles. The van der Waals surface area contributed by atoms with E-state index in [2.05, 4.69) is 20.6 Å². The van der Waals surface area contributed by atoms with Gasteiger partial charge in [0, 0.05) is 30.6 Å². The fraction of sp³-hybridized carbons (Fsp3) is 0.0909. The van der Waals surface area contributed by atoms with Gasteiger partial charge in [0.2, 0.25) is 11.8 Å². The Morgan fingerprint density at radius 3 is 2.45 bits per heavy atom. The minimum Gasteiger partial charge on any atom is -0.438 e. The minimum atomic E-state index is -0.0254. The summed E-state index contributed by atoms with van der Waals surface area (Å²) in [7, 11) is 0. The van der Waals surface area contributed by atoms with Gasteiger partial charge in [0.25, 0.3) is 0 Å². The molecule has 0 aliphatic rings. The summed E-state index contributed by atoms with van der Waals surface area (Å²) in [6, 6.07) is 22.4. The second kappa shape index (κ2) is 8.79. The predicted molar refractivity (Wildman–Crippen MR) is 109 cm³/mol. The Hall–Kier alpha value is -4.00. The number of carbonyl (C=O) groups excluding carboxylic acids is 1. The van der Waals surface area contributed by atoms with Crippen LogP contribution < -0.4 is 10.1 Å². The largest absolute Gasteiger partial charge is 0.438 e. The third-order valence-corrected chi connectivity index (χ3v) is 4.21. The van der Waals surface area contributed by atoms with Gasteiger partial charge >= 0.3 is 0 Å². The molecule has 7 nitrogen and oxygen atoms in total. The number of anilines is 1. The van der Waals surface area contributed by atoms with Crippen LogP contribution in [0.15, 0.2) is 85.2 Å². The number of benzene rings is 2. The Morgan fingerprint density at radius 1 is 0.931 bits per heavy atom. The van der Waals surface area contributed by atoms with Crippen LogP contribution >= 0.6 is 0 Å². The smallest absolute Gasteiger partial charge is 0.238 e. The van der Waals surface area contributed by atoms with Crippen molar-refractivity contribution in [2.24, 2.45) is 0 Å². The quantitative estimate of drug-likeness (QED) is 0.519. The first kappa shape index (κ1) is 18.4. The Labute approximate surface area is 168 Å². The molecule has 0 unspecified atom stereocenters. The molecule has 0 saturated heterocycles. The van der Waals surface area contributed by atoms with Gasteiger partial charge in [-0.2, -0.15) is 5.10 Å². The van der Waals surface area contributed by atoms with E-state index in [1.807, 2.05) is 36.4 Å². The lowest BCUT2D eigenvalue weighted by atomic mass is 10.1. The van der Waals surface area contributed by atoms with E-state index in [4.69, 9.17) is 4.74 Å². The number of ether oxygens (including phenoxy) is 1. The maximum absolute atomic E-state index is 12.1. The number of nitrogens with one attached hydrogen (secondary N) is 1. The number of rotatable bonds is 7. The highest BCUT2D eigenvalue weighted by Crippen LogP contribution is 2.21. The van der Waals surface area contributed by atoms with Gasteiger partial charge in [0.15, 0.2) is 5.82 Å². The molecule has 0 spiro atoms. The number of hydrogen-bond acceptors (Lipinski definition) is 5. The summed E-state index contributed by atoms with van der Waals surface area (Å²) in [6.07, 6.45) is 4.60. The summed E-state index contributed by atoms with van der Waals surface area (Å²) in [5.41, 5.74) is 1.86. The maximum Gasteiger partial charge on any atom is 0.238 e. The number of aryl methyl sites for hydroxylation is 1. The van der Waals surface area contributed by atoms with Crippen molar-refractivity contribution >= 4 is 11.6 Å². The zero-order valence-corrected chi connectivity index (χ0v) is 15.6. The van der Waals surface area contributed by atoms with E-state index in [0.29, 0.717) is 30.3 Å². The van der Waals surface area contributed by atoms with Crippen LogP contribution in [0.1, 0.15) is 12.0 Å². The predicted octanol–water partition coefficient (Wildman–Crippen LogP) is 4.03. The third kappa shape index (κ3) is 5.04. The summed E-state index contributed by atoms with van der Waals surface area (Å²) < 4.78 is 7.32. The summed E-state index contributed by atoms with van der Waals surface area (Å²) in [4.78, 5) is 12.1. The average Bonchev–Trinajstić information content (AvgIpc) is 3.30. The Kier molecular flexibility index (Phi) is 5.57. The molecule has 29 heavy (non-hydrogen) atoms. The van der Waals surface area contributed by atoms with E-state index in [-0.39, 0.29) is 5.91 Å². The van der Waals surface area contributed by atoms with Crippen molar-refractivity contribution in [3.63, 3.8) is 0 Å². The van der Waals surface area contributed by atoms with Gasteiger partial charge in [-0.05, 0) is 48.4 Å². The van der Waals surface area contributed by atoms with Crippen molar-refractivity contribution in [3.05, 3.63) is 90.8 Å². The monoisotopic (exact) mass is 385 g/mol. The molecule has 2 heterocycles. The molecule has 0 aliphatic heterocycles. The molecule has 0 bridgehead atoms. The molecule has 0 fully saturated rings. The van der Waals surface area contributed by atoms with Gasteiger partial charge < -0.3 is 10.1 Å². The second-order valence-corrected chi connectivity index (χ2v) is 6.34. The molecule has 144 valence electrons. The van der Waals surface area contributed by atoms with Crippen LogP contribution in [-0.2, 0) is 11.2 Å². The molecule has 0 saturated carbocycles. The molecule has 0 atom stereocenters. The highest BCUT2D eigenvalue weighted by molar-refractivity contribution is 5.90. The number of hydrogen-bond donors (Lipinski definition) is 1. The van der Waals surface area contributed by atoms with E-state index >= 15 is 0 Å². The minimum absolute atomic E-state index is 0.0254. The molecule has 1 amide bonds. The standard InChI is InChI=1S/C22H19N5O2/c28-21(13-7-17-5-2-1-3-6-17)24-18-8-10-19(11-9-18)29-22-14-12-20(25-26-22)27-16-4-15-23-27/h1-6,8-12,14-16H,7,13H2,(H,24,28). The van der Waals surface area contributed by atoms with Crippen molar-refractivity contribution in [2.45, 2.75) is 12.8 Å². The first-order chi connectivity index (χ1) is 14.3. The SMILES string of the molecule is O=C(CCc1ccccc1)Nc1ccc(Oc2ccc(-n3cccn3)nn2)cc1. The van der Waals surface area contributed by atoms with Gasteiger partial charge in [0.1, 0.15) is 5.75 Å². The van der Waals surface area contributed by atoms with Crippen LogP contribution in [0.3, 0.4) is 0 Å². The zero-order valence-electron chi connectivity index (χ0n) is 15.6. The third-order valence-electron chi connectivity index (χ3n) is 4.21. The van der Waals surface area contributed by atoms with Gasteiger partial charge in [-0.3, -0.25) is 4.79 Å². The van der Waals surface area contributed by atoms with E-state index in [0.717, 1.165) is 11.3 Å². The number of amides is 1. The van der Waals surface area contributed by atoms with Crippen LogP contribution in [0, 0.1) is 0 Å². The van der Waals surface area contributed by atoms with Crippen LogP contribution in [0.2, 0.25) is 0 Å². The summed E-state index contributed by atoms with van der Waals surface area (Å²) in [5, 5.41) is 15.1. The highest BCUT2D eigenvalue weighted by Gasteiger charge is 2.05. The van der Waals surface area contributed by atoms with E-state index < -0.39 is 0 Å². The average molecular weight is 385 g/mol. The fourth-order valence-corrected chi connectivity index (χ4v) is 2.75. The van der Waals surface area contributed by atoms with Crippen LogP contribution in [0.25, 0.3) is 5.82 Å². The fourth-order valence-electron chi connectivity index (χ4n) is 2.75. The number of carbonyl (C=O) groups is 1. The molecule has 0 aliphatic carbocycles. The Bertz CT molecular complexity index is 1050. The molecule has 1 N–H and O–H groups in total. The van der Waals surface area contributed by atoms with Crippen molar-refractivity contribution in [1.29, 1.82) is 0 Å². The molecule has 0 radical (unpaired) electrons. The molecular weight excluding hydrogens is 366 g/mol. The number of aromatic nitrogens is 4. The topological polar surface area (TPSA) is 81.9 Å². The van der Waals surface area contributed by atoms with E-state index in [1.165, 1.54) is 0 Å². The van der Waals surface area contributed by atoms with Gasteiger partial charge in [-0.25, -0.2) is 4.68 Å². The summed E-state index contributed by atoms with van der Waals surface area (Å²) in [6.45, 7) is 0. The van der Waals surface area contributed by atoms with E-state index in [9.17, 15) is 4.79 Å².